The number of fused-ring (bicyclic) bond motifs is 1. The third-order valence-corrected chi connectivity index (χ3v) is 6.56. The van der Waals surface area contributed by atoms with E-state index in [0.29, 0.717) is 5.75 Å². The van der Waals surface area contributed by atoms with Crippen LogP contribution in [-0.2, 0) is 26.0 Å². The second kappa shape index (κ2) is 6.55. The lowest BCUT2D eigenvalue weighted by molar-refractivity contribution is -0.148. The van der Waals surface area contributed by atoms with Crippen molar-refractivity contribution in [1.82, 2.24) is 9.21 Å². The van der Waals surface area contributed by atoms with Gasteiger partial charge in [0.25, 0.3) is 0 Å². The molecule has 9 heteroatoms. The smallest absolute Gasteiger partial charge is 0.313 e. The van der Waals surface area contributed by atoms with Crippen molar-refractivity contribution < 1.29 is 27.9 Å². The molecule has 26 heavy (non-hydrogen) atoms. The number of amides is 1. The van der Waals surface area contributed by atoms with Gasteiger partial charge >= 0.3 is 5.97 Å². The van der Waals surface area contributed by atoms with Crippen LogP contribution in [0.2, 0.25) is 0 Å². The quantitative estimate of drug-likeness (QED) is 0.771. The highest BCUT2D eigenvalue weighted by Crippen LogP contribution is 2.43. The maximum atomic E-state index is 12.6. The first-order valence-electron chi connectivity index (χ1n) is 8.25. The number of aliphatic carboxylic acids is 1. The number of hydrogen-bond donors (Lipinski definition) is 1. The fourth-order valence-electron chi connectivity index (χ4n) is 3.79. The van der Waals surface area contributed by atoms with E-state index in [0.717, 1.165) is 11.8 Å². The number of ether oxygens (including phenoxy) is 1. The molecule has 0 aliphatic carbocycles. The minimum atomic E-state index is -3.45. The van der Waals surface area contributed by atoms with E-state index >= 15 is 0 Å². The number of carboxylic acid groups (broad SMARTS) is 1. The number of carboxylic acids is 1. The summed E-state index contributed by atoms with van der Waals surface area (Å²) in [5, 5.41) is 9.73. The maximum absolute atomic E-state index is 12.6. The molecular weight excluding hydrogens is 360 g/mol. The Balaban J connectivity index is 1.72. The first kappa shape index (κ1) is 18.7. The molecule has 1 aromatic rings. The van der Waals surface area contributed by atoms with Gasteiger partial charge in [-0.1, -0.05) is 12.1 Å². The Morgan fingerprint density at radius 3 is 2.38 bits per heavy atom. The van der Waals surface area contributed by atoms with E-state index in [1.807, 2.05) is 0 Å². The largest absolute Gasteiger partial charge is 0.497 e. The Bertz CT molecular complexity index is 822. The van der Waals surface area contributed by atoms with Crippen LogP contribution in [0.5, 0.6) is 5.75 Å². The molecule has 1 aromatic carbocycles. The van der Waals surface area contributed by atoms with Crippen LogP contribution in [0.1, 0.15) is 5.56 Å². The van der Waals surface area contributed by atoms with Crippen molar-refractivity contribution in [3.05, 3.63) is 29.8 Å². The monoisotopic (exact) mass is 382 g/mol. The summed E-state index contributed by atoms with van der Waals surface area (Å²) < 4.78 is 29.9. The van der Waals surface area contributed by atoms with Gasteiger partial charge in [0, 0.05) is 32.1 Å². The average Bonchev–Trinajstić information content (AvgIpc) is 3.10. The van der Waals surface area contributed by atoms with Crippen LogP contribution in [-0.4, -0.2) is 74.2 Å². The van der Waals surface area contributed by atoms with Crippen LogP contribution >= 0.6 is 0 Å². The average molecular weight is 382 g/mol. The van der Waals surface area contributed by atoms with E-state index < -0.39 is 27.3 Å². The minimum absolute atomic E-state index is 0.0357. The lowest BCUT2D eigenvalue weighted by Gasteiger charge is -2.24. The van der Waals surface area contributed by atoms with Gasteiger partial charge in [-0.05, 0) is 17.7 Å². The zero-order valence-electron chi connectivity index (χ0n) is 14.7. The highest BCUT2D eigenvalue weighted by atomic mass is 32.2. The second-order valence-corrected chi connectivity index (χ2v) is 9.00. The summed E-state index contributed by atoms with van der Waals surface area (Å²) in [4.78, 5) is 26.1. The number of rotatable bonds is 5. The van der Waals surface area contributed by atoms with Gasteiger partial charge in [0.1, 0.15) is 11.2 Å². The molecule has 2 atom stereocenters. The summed E-state index contributed by atoms with van der Waals surface area (Å²) in [6, 6.07) is 7.13. The second-order valence-electron chi connectivity index (χ2n) is 7.01. The predicted octanol–water partition coefficient (Wildman–Crippen LogP) is 0.0423. The molecule has 2 aliphatic rings. The van der Waals surface area contributed by atoms with E-state index in [1.54, 1.807) is 36.3 Å². The van der Waals surface area contributed by atoms with Gasteiger partial charge in [-0.25, -0.2) is 12.7 Å². The van der Waals surface area contributed by atoms with Gasteiger partial charge in [-0.15, -0.1) is 0 Å². The lowest BCUT2D eigenvalue weighted by Crippen LogP contribution is -2.43. The van der Waals surface area contributed by atoms with E-state index in [-0.39, 0.29) is 38.5 Å². The fraction of sp³-hybridized carbons (Fsp3) is 0.529. The first-order valence-corrected chi connectivity index (χ1v) is 10.1. The molecule has 0 bridgehead atoms. The third-order valence-electron chi connectivity index (χ3n) is 5.34. The highest BCUT2D eigenvalue weighted by molar-refractivity contribution is 7.88. The summed E-state index contributed by atoms with van der Waals surface area (Å²) >= 11 is 0. The Morgan fingerprint density at radius 1 is 1.23 bits per heavy atom. The molecule has 142 valence electrons. The number of likely N-dealkylation sites (tertiary alicyclic amines) is 1. The topological polar surface area (TPSA) is 104 Å². The molecule has 0 spiro atoms. The molecule has 1 N–H and O–H groups in total. The Labute approximate surface area is 152 Å². The van der Waals surface area contributed by atoms with Crippen molar-refractivity contribution in [2.24, 2.45) is 11.3 Å². The van der Waals surface area contributed by atoms with E-state index in [4.69, 9.17) is 4.74 Å². The molecule has 2 fully saturated rings. The SMILES string of the molecule is COc1ccc(CC(=O)N2C[C@H]3CN(S(C)(=O)=O)C[C@@]3(C(=O)O)C2)cc1. The van der Waals surface area contributed by atoms with Gasteiger partial charge in [-0.2, -0.15) is 0 Å². The van der Waals surface area contributed by atoms with Gasteiger partial charge in [0.05, 0.1) is 19.8 Å². The molecular formula is C17H22N2O6S. The zero-order chi connectivity index (χ0) is 19.1. The van der Waals surface area contributed by atoms with Crippen molar-refractivity contribution >= 4 is 21.9 Å². The number of methoxy groups -OCH3 is 1. The number of carbonyl (C=O) groups excluding carboxylic acids is 1. The number of hydrogen-bond acceptors (Lipinski definition) is 5. The molecule has 1 amide bonds. The van der Waals surface area contributed by atoms with Crippen molar-refractivity contribution in [2.75, 3.05) is 39.5 Å². The Kier molecular flexibility index (Phi) is 4.70. The molecule has 0 aromatic heterocycles. The molecule has 2 aliphatic heterocycles. The van der Waals surface area contributed by atoms with Gasteiger partial charge in [-0.3, -0.25) is 9.59 Å². The molecule has 3 rings (SSSR count). The van der Waals surface area contributed by atoms with Gasteiger partial charge in [0.2, 0.25) is 15.9 Å². The maximum Gasteiger partial charge on any atom is 0.313 e. The van der Waals surface area contributed by atoms with Crippen LogP contribution in [0.15, 0.2) is 24.3 Å². The molecule has 0 radical (unpaired) electrons. The Morgan fingerprint density at radius 2 is 1.88 bits per heavy atom. The summed E-state index contributed by atoms with van der Waals surface area (Å²) in [5.41, 5.74) is -0.409. The molecule has 2 heterocycles. The zero-order valence-corrected chi connectivity index (χ0v) is 15.5. The summed E-state index contributed by atoms with van der Waals surface area (Å²) in [5.74, 6) is -0.901. The minimum Gasteiger partial charge on any atom is -0.497 e. The summed E-state index contributed by atoms with van der Waals surface area (Å²) in [6.07, 6.45) is 1.25. The van der Waals surface area contributed by atoms with Crippen LogP contribution < -0.4 is 4.74 Å². The summed E-state index contributed by atoms with van der Waals surface area (Å²) in [7, 11) is -1.89. The fourth-order valence-corrected chi connectivity index (χ4v) is 4.71. The van der Waals surface area contributed by atoms with E-state index in [1.165, 1.54) is 4.31 Å². The predicted molar refractivity (Wildman–Crippen MR) is 93.3 cm³/mol. The molecule has 0 unspecified atom stereocenters. The normalized spacial score (nSPS) is 25.9. The highest BCUT2D eigenvalue weighted by Gasteiger charge is 2.59. The van der Waals surface area contributed by atoms with Crippen LogP contribution in [0.3, 0.4) is 0 Å². The van der Waals surface area contributed by atoms with E-state index in [2.05, 4.69) is 0 Å². The number of nitrogens with zero attached hydrogens (tertiary/aromatic N) is 2. The number of benzene rings is 1. The molecule has 2 saturated heterocycles. The number of sulfonamides is 1. The van der Waals surface area contributed by atoms with Crippen LogP contribution in [0.25, 0.3) is 0 Å². The third kappa shape index (κ3) is 3.28. The molecule has 8 nitrogen and oxygen atoms in total. The Hall–Kier alpha value is -2.13. The van der Waals surface area contributed by atoms with Crippen molar-refractivity contribution in [1.29, 1.82) is 0 Å². The van der Waals surface area contributed by atoms with Crippen LogP contribution in [0.4, 0.5) is 0 Å². The van der Waals surface area contributed by atoms with Crippen molar-refractivity contribution in [2.45, 2.75) is 6.42 Å². The standard InChI is InChI=1S/C17H22N2O6S/c1-25-14-5-3-12(4-6-14)7-15(20)18-8-13-9-19(26(2,23)24)11-17(13,10-18)16(21)22/h3-6,13H,7-11H2,1-2H3,(H,21,22)/t13-,17-/m0/s1. The first-order chi connectivity index (χ1) is 12.2. The molecule has 0 saturated carbocycles. The number of carbonyl (C=O) groups is 2. The van der Waals surface area contributed by atoms with Crippen LogP contribution in [0, 0.1) is 11.3 Å². The van der Waals surface area contributed by atoms with Crippen molar-refractivity contribution in [3.8, 4) is 5.75 Å². The lowest BCUT2D eigenvalue weighted by atomic mass is 9.81. The van der Waals surface area contributed by atoms with E-state index in [9.17, 15) is 23.1 Å². The van der Waals surface area contributed by atoms with Gasteiger partial charge in [0.15, 0.2) is 0 Å². The van der Waals surface area contributed by atoms with Gasteiger partial charge < -0.3 is 14.7 Å². The summed E-state index contributed by atoms with van der Waals surface area (Å²) in [6.45, 7) is 0.344. The van der Waals surface area contributed by atoms with Crippen molar-refractivity contribution in [3.63, 3.8) is 0 Å².